The van der Waals surface area contributed by atoms with Crippen molar-refractivity contribution >= 4 is 35.0 Å². The monoisotopic (exact) mass is 428 g/mol. The number of anilines is 2. The highest BCUT2D eigenvalue weighted by atomic mass is 32.2. The molecule has 0 unspecified atom stereocenters. The van der Waals surface area contributed by atoms with Gasteiger partial charge in [0.05, 0.1) is 5.69 Å². The van der Waals surface area contributed by atoms with Crippen molar-refractivity contribution in [1.82, 2.24) is 0 Å². The first kappa shape index (κ1) is 20.9. The Morgan fingerprint density at radius 2 is 1.42 bits per heavy atom. The fourth-order valence-corrected chi connectivity index (χ4v) is 4.59. The van der Waals surface area contributed by atoms with Crippen LogP contribution in [0.3, 0.4) is 0 Å². The lowest BCUT2D eigenvalue weighted by atomic mass is 10.1. The molecule has 0 fully saturated rings. The molecule has 5 heteroatoms. The quantitative estimate of drug-likeness (QED) is 0.513. The van der Waals surface area contributed by atoms with Crippen molar-refractivity contribution in [2.24, 2.45) is 0 Å². The van der Waals surface area contributed by atoms with Gasteiger partial charge in [-0.3, -0.25) is 9.59 Å². The van der Waals surface area contributed by atoms with E-state index in [9.17, 15) is 9.59 Å². The van der Waals surface area contributed by atoms with Gasteiger partial charge in [-0.15, -0.1) is 0 Å². The van der Waals surface area contributed by atoms with Crippen LogP contribution in [0, 0.1) is 27.7 Å². The molecule has 1 aliphatic rings. The van der Waals surface area contributed by atoms with Gasteiger partial charge < -0.3 is 5.32 Å². The molecule has 1 heterocycles. The van der Waals surface area contributed by atoms with Crippen LogP contribution in [-0.4, -0.2) is 11.8 Å². The highest BCUT2D eigenvalue weighted by Crippen LogP contribution is 2.38. The van der Waals surface area contributed by atoms with Crippen LogP contribution in [0.2, 0.25) is 0 Å². The standard InChI is InChI=1S/C26H24N2O2S/c1-16-10-11-19(4)22(15-16)27-23-24(31-21-8-6-5-7-9-21)26(30)28(25(23)29)20-13-17(2)12-18(3)14-20/h5-15,27H,1-4H3. The lowest BCUT2D eigenvalue weighted by Gasteiger charge is -2.17. The molecule has 0 saturated carbocycles. The van der Waals surface area contributed by atoms with E-state index >= 15 is 0 Å². The number of amides is 2. The fraction of sp³-hybridized carbons (Fsp3) is 0.154. The summed E-state index contributed by atoms with van der Waals surface area (Å²) in [4.78, 5) is 29.6. The lowest BCUT2D eigenvalue weighted by molar-refractivity contribution is -0.120. The maximum atomic E-state index is 13.5. The molecule has 156 valence electrons. The van der Waals surface area contributed by atoms with Crippen molar-refractivity contribution in [2.75, 3.05) is 10.2 Å². The number of carbonyl (C=O) groups is 2. The number of thioether (sulfide) groups is 1. The zero-order valence-electron chi connectivity index (χ0n) is 18.0. The number of nitrogens with one attached hydrogen (secondary N) is 1. The van der Waals surface area contributed by atoms with Gasteiger partial charge in [-0.05, 0) is 80.3 Å². The van der Waals surface area contributed by atoms with Crippen molar-refractivity contribution in [3.05, 3.63) is 99.6 Å². The molecular weight excluding hydrogens is 404 g/mol. The molecule has 0 atom stereocenters. The van der Waals surface area contributed by atoms with Crippen molar-refractivity contribution < 1.29 is 9.59 Å². The minimum absolute atomic E-state index is 0.309. The van der Waals surface area contributed by atoms with Gasteiger partial charge in [0.25, 0.3) is 11.8 Å². The molecule has 31 heavy (non-hydrogen) atoms. The molecule has 4 nitrogen and oxygen atoms in total. The number of imide groups is 1. The summed E-state index contributed by atoms with van der Waals surface area (Å²) < 4.78 is 0. The molecule has 0 aromatic heterocycles. The Morgan fingerprint density at radius 3 is 2.10 bits per heavy atom. The summed E-state index contributed by atoms with van der Waals surface area (Å²) >= 11 is 1.31. The van der Waals surface area contributed by atoms with E-state index < -0.39 is 0 Å². The fourth-order valence-electron chi connectivity index (χ4n) is 3.64. The minimum atomic E-state index is -0.339. The molecule has 4 rings (SSSR count). The van der Waals surface area contributed by atoms with Crippen LogP contribution in [0.5, 0.6) is 0 Å². The smallest absolute Gasteiger partial charge is 0.283 e. The minimum Gasteiger partial charge on any atom is -0.350 e. The number of carbonyl (C=O) groups excluding carboxylic acids is 2. The topological polar surface area (TPSA) is 49.4 Å². The van der Waals surface area contributed by atoms with Crippen molar-refractivity contribution in [3.63, 3.8) is 0 Å². The van der Waals surface area contributed by atoms with E-state index in [1.807, 2.05) is 94.4 Å². The van der Waals surface area contributed by atoms with Crippen molar-refractivity contribution in [2.45, 2.75) is 32.6 Å². The van der Waals surface area contributed by atoms with E-state index in [0.717, 1.165) is 32.8 Å². The second-order valence-corrected chi connectivity index (χ2v) is 8.94. The van der Waals surface area contributed by atoms with Gasteiger partial charge in [-0.25, -0.2) is 4.90 Å². The van der Waals surface area contributed by atoms with E-state index in [0.29, 0.717) is 16.3 Å². The van der Waals surface area contributed by atoms with Crippen LogP contribution in [0.15, 0.2) is 82.2 Å². The second-order valence-electron chi connectivity index (χ2n) is 7.85. The molecule has 3 aromatic rings. The van der Waals surface area contributed by atoms with E-state index in [1.54, 1.807) is 0 Å². The summed E-state index contributed by atoms with van der Waals surface area (Å²) in [6.45, 7) is 7.91. The number of hydrogen-bond acceptors (Lipinski definition) is 4. The van der Waals surface area contributed by atoms with Crippen LogP contribution in [-0.2, 0) is 9.59 Å². The van der Waals surface area contributed by atoms with E-state index in [2.05, 4.69) is 5.32 Å². The summed E-state index contributed by atoms with van der Waals surface area (Å²) in [7, 11) is 0. The van der Waals surface area contributed by atoms with Gasteiger partial charge in [0.15, 0.2) is 0 Å². The third-order valence-corrected chi connectivity index (χ3v) is 6.21. The lowest BCUT2D eigenvalue weighted by Crippen LogP contribution is -2.32. The number of rotatable bonds is 5. The zero-order valence-corrected chi connectivity index (χ0v) is 18.8. The predicted octanol–water partition coefficient (Wildman–Crippen LogP) is 5.91. The largest absolute Gasteiger partial charge is 0.350 e. The van der Waals surface area contributed by atoms with Crippen LogP contribution in [0.1, 0.15) is 22.3 Å². The Bertz CT molecular complexity index is 1200. The first-order valence-electron chi connectivity index (χ1n) is 10.1. The summed E-state index contributed by atoms with van der Waals surface area (Å²) in [6, 6.07) is 21.4. The Kier molecular flexibility index (Phi) is 5.70. The first-order valence-corrected chi connectivity index (χ1v) is 10.9. The summed E-state index contributed by atoms with van der Waals surface area (Å²) in [6.07, 6.45) is 0. The van der Waals surface area contributed by atoms with Crippen molar-refractivity contribution in [3.8, 4) is 0 Å². The number of nitrogens with zero attached hydrogens (tertiary/aromatic N) is 1. The van der Waals surface area contributed by atoms with Crippen LogP contribution in [0.4, 0.5) is 11.4 Å². The molecule has 0 spiro atoms. The molecule has 2 amide bonds. The Labute approximate surface area is 187 Å². The van der Waals surface area contributed by atoms with E-state index in [1.165, 1.54) is 16.7 Å². The Morgan fingerprint density at radius 1 is 0.742 bits per heavy atom. The SMILES string of the molecule is Cc1cc(C)cc(N2C(=O)C(Nc3cc(C)ccc3C)=C(Sc3ccccc3)C2=O)c1. The summed E-state index contributed by atoms with van der Waals surface area (Å²) in [5.41, 5.74) is 5.82. The molecule has 0 saturated heterocycles. The molecular formula is C26H24N2O2S. The van der Waals surface area contributed by atoms with Gasteiger partial charge in [-0.2, -0.15) is 0 Å². The van der Waals surface area contributed by atoms with Gasteiger partial charge >= 0.3 is 0 Å². The first-order chi connectivity index (χ1) is 14.8. The molecule has 0 radical (unpaired) electrons. The van der Waals surface area contributed by atoms with Crippen LogP contribution < -0.4 is 10.2 Å². The molecule has 3 aromatic carbocycles. The highest BCUT2D eigenvalue weighted by molar-refractivity contribution is 8.04. The summed E-state index contributed by atoms with van der Waals surface area (Å²) in [5.74, 6) is -0.647. The predicted molar refractivity (Wildman–Crippen MR) is 127 cm³/mol. The Hall–Kier alpha value is -3.31. The third-order valence-electron chi connectivity index (χ3n) is 5.12. The maximum absolute atomic E-state index is 13.5. The average Bonchev–Trinajstić information content (AvgIpc) is 2.94. The maximum Gasteiger partial charge on any atom is 0.283 e. The summed E-state index contributed by atoms with van der Waals surface area (Å²) in [5, 5.41) is 3.28. The van der Waals surface area contributed by atoms with Crippen LogP contribution in [0.25, 0.3) is 0 Å². The highest BCUT2D eigenvalue weighted by Gasteiger charge is 2.40. The number of aryl methyl sites for hydroxylation is 4. The van der Waals surface area contributed by atoms with Gasteiger partial charge in [0.1, 0.15) is 10.6 Å². The van der Waals surface area contributed by atoms with Gasteiger partial charge in [0.2, 0.25) is 0 Å². The zero-order chi connectivity index (χ0) is 22.1. The average molecular weight is 429 g/mol. The number of hydrogen-bond donors (Lipinski definition) is 1. The van der Waals surface area contributed by atoms with E-state index in [4.69, 9.17) is 0 Å². The van der Waals surface area contributed by atoms with Gasteiger partial charge in [-0.1, -0.05) is 48.2 Å². The second kappa shape index (κ2) is 8.44. The van der Waals surface area contributed by atoms with E-state index in [-0.39, 0.29) is 11.8 Å². The Balaban J connectivity index is 1.79. The molecule has 1 N–H and O–H groups in total. The molecule has 0 bridgehead atoms. The van der Waals surface area contributed by atoms with Crippen LogP contribution >= 0.6 is 11.8 Å². The van der Waals surface area contributed by atoms with Crippen molar-refractivity contribution in [1.29, 1.82) is 0 Å². The third kappa shape index (κ3) is 4.28. The number of benzene rings is 3. The van der Waals surface area contributed by atoms with Gasteiger partial charge in [0, 0.05) is 10.6 Å². The molecule has 0 aliphatic carbocycles. The normalized spacial score (nSPS) is 13.9. The molecule has 1 aliphatic heterocycles.